The number of nitrogens with one attached hydrogen (secondary N) is 1. The fourth-order valence-electron chi connectivity index (χ4n) is 7.35. The number of amides is 3. The van der Waals surface area contributed by atoms with Crippen molar-refractivity contribution in [3.8, 4) is 0 Å². The van der Waals surface area contributed by atoms with E-state index in [9.17, 15) is 22.8 Å². The number of hydrogen-bond donors (Lipinski definition) is 1. The number of fused-ring (bicyclic) bond motifs is 1. The highest BCUT2D eigenvalue weighted by Gasteiger charge is 2.40. The molecule has 4 fully saturated rings. The first kappa shape index (κ1) is 27.8. The van der Waals surface area contributed by atoms with Crippen molar-refractivity contribution in [1.29, 1.82) is 0 Å². The van der Waals surface area contributed by atoms with E-state index < -0.39 is 16.1 Å². The number of morpholine rings is 1. The van der Waals surface area contributed by atoms with E-state index in [4.69, 9.17) is 4.74 Å². The molecule has 1 aromatic rings. The van der Waals surface area contributed by atoms with Crippen molar-refractivity contribution in [2.75, 3.05) is 45.9 Å². The Kier molecular flexibility index (Phi) is 8.00. The maximum absolute atomic E-state index is 13.2. The molecule has 0 spiro atoms. The molecule has 4 heterocycles. The number of piperidine rings is 2. The molecule has 0 radical (unpaired) electrons. The predicted molar refractivity (Wildman–Crippen MR) is 148 cm³/mol. The minimum atomic E-state index is -3.26. The van der Waals surface area contributed by atoms with Gasteiger partial charge in [0.1, 0.15) is 6.04 Å². The molecule has 3 saturated heterocycles. The van der Waals surface area contributed by atoms with Crippen molar-refractivity contribution in [3.05, 3.63) is 34.9 Å². The molecule has 1 aliphatic carbocycles. The zero-order valence-electron chi connectivity index (χ0n) is 23.1. The van der Waals surface area contributed by atoms with Gasteiger partial charge < -0.3 is 14.5 Å². The standard InChI is InChI=1S/C29H40N4O6S/c34-27-7-6-26(28(35)30-27)33-19-23-17-22(4-5-25(23)29(33)36)21-8-10-31(11-9-21)18-20-2-1-3-24(16-20)40(37,38)32-12-14-39-15-13-32/h4-5,17,20-21,24,26H,1-3,6-16,18-19H2,(H,30,34,35). The molecule has 6 rings (SSSR count). The maximum Gasteiger partial charge on any atom is 0.255 e. The first-order chi connectivity index (χ1) is 19.3. The summed E-state index contributed by atoms with van der Waals surface area (Å²) in [5.41, 5.74) is 2.86. The summed E-state index contributed by atoms with van der Waals surface area (Å²) in [6.45, 7) is 5.27. The molecule has 3 atom stereocenters. The Morgan fingerprint density at radius 1 is 0.950 bits per heavy atom. The van der Waals surface area contributed by atoms with Gasteiger partial charge in [-0.05, 0) is 80.6 Å². The molecular weight excluding hydrogens is 532 g/mol. The van der Waals surface area contributed by atoms with Crippen LogP contribution in [0.3, 0.4) is 0 Å². The van der Waals surface area contributed by atoms with Crippen molar-refractivity contribution >= 4 is 27.7 Å². The second kappa shape index (κ2) is 11.5. The summed E-state index contributed by atoms with van der Waals surface area (Å²) in [7, 11) is -3.26. The van der Waals surface area contributed by atoms with Crippen LogP contribution >= 0.6 is 0 Å². The summed E-state index contributed by atoms with van der Waals surface area (Å²) >= 11 is 0. The van der Waals surface area contributed by atoms with E-state index in [1.165, 1.54) is 5.56 Å². The molecule has 5 aliphatic rings. The van der Waals surface area contributed by atoms with Crippen molar-refractivity contribution in [2.24, 2.45) is 5.92 Å². The molecule has 3 unspecified atom stereocenters. The lowest BCUT2D eigenvalue weighted by Crippen LogP contribution is -2.52. The lowest BCUT2D eigenvalue weighted by molar-refractivity contribution is -0.136. The summed E-state index contributed by atoms with van der Waals surface area (Å²) in [4.78, 5) is 41.0. The fraction of sp³-hybridized carbons (Fsp3) is 0.690. The van der Waals surface area contributed by atoms with Gasteiger partial charge in [0, 0.05) is 38.2 Å². The highest BCUT2D eigenvalue weighted by Crippen LogP contribution is 2.36. The molecular formula is C29H40N4O6S. The molecule has 0 bridgehead atoms. The normalized spacial score (nSPS) is 29.4. The summed E-state index contributed by atoms with van der Waals surface area (Å²) in [5.74, 6) is 0.0399. The number of carbonyl (C=O) groups excluding carboxylic acids is 3. The molecule has 1 N–H and O–H groups in total. The van der Waals surface area contributed by atoms with E-state index in [1.54, 1.807) is 9.21 Å². The topological polar surface area (TPSA) is 116 Å². The number of likely N-dealkylation sites (tertiary alicyclic amines) is 1. The van der Waals surface area contributed by atoms with Crippen LogP contribution in [0.1, 0.15) is 78.8 Å². The molecule has 40 heavy (non-hydrogen) atoms. The Balaban J connectivity index is 1.02. The van der Waals surface area contributed by atoms with Crippen LogP contribution in [0, 0.1) is 5.92 Å². The number of sulfonamides is 1. The average Bonchev–Trinajstić information content (AvgIpc) is 3.29. The van der Waals surface area contributed by atoms with E-state index >= 15 is 0 Å². The Labute approximate surface area is 236 Å². The van der Waals surface area contributed by atoms with Gasteiger partial charge in [-0.3, -0.25) is 19.7 Å². The van der Waals surface area contributed by atoms with Gasteiger partial charge in [0.2, 0.25) is 21.8 Å². The van der Waals surface area contributed by atoms with Gasteiger partial charge in [-0.2, -0.15) is 4.31 Å². The van der Waals surface area contributed by atoms with Gasteiger partial charge in [-0.1, -0.05) is 18.6 Å². The van der Waals surface area contributed by atoms with E-state index in [2.05, 4.69) is 22.3 Å². The Morgan fingerprint density at radius 2 is 1.73 bits per heavy atom. The van der Waals surface area contributed by atoms with Crippen LogP contribution in [-0.2, 0) is 30.9 Å². The van der Waals surface area contributed by atoms with Crippen molar-refractivity contribution in [2.45, 2.75) is 75.1 Å². The molecule has 1 saturated carbocycles. The van der Waals surface area contributed by atoms with Crippen LogP contribution in [0.15, 0.2) is 18.2 Å². The molecule has 1 aromatic carbocycles. The van der Waals surface area contributed by atoms with Crippen LogP contribution in [0.4, 0.5) is 0 Å². The third kappa shape index (κ3) is 5.57. The summed E-state index contributed by atoms with van der Waals surface area (Å²) in [6, 6.07) is 5.52. The van der Waals surface area contributed by atoms with Gasteiger partial charge in [0.15, 0.2) is 0 Å². The fourth-order valence-corrected chi connectivity index (χ4v) is 9.41. The van der Waals surface area contributed by atoms with Crippen LogP contribution < -0.4 is 5.32 Å². The summed E-state index contributed by atoms with van der Waals surface area (Å²) < 4.78 is 33.4. The van der Waals surface area contributed by atoms with Crippen LogP contribution in [-0.4, -0.2) is 97.5 Å². The van der Waals surface area contributed by atoms with Crippen LogP contribution in [0.25, 0.3) is 0 Å². The maximum atomic E-state index is 13.2. The largest absolute Gasteiger partial charge is 0.379 e. The van der Waals surface area contributed by atoms with Gasteiger partial charge in [0.25, 0.3) is 5.91 Å². The zero-order chi connectivity index (χ0) is 27.9. The smallest absolute Gasteiger partial charge is 0.255 e. The monoisotopic (exact) mass is 572 g/mol. The first-order valence-corrected chi connectivity index (χ1v) is 16.4. The molecule has 10 nitrogen and oxygen atoms in total. The van der Waals surface area contributed by atoms with Gasteiger partial charge in [0.05, 0.1) is 18.5 Å². The second-order valence-corrected chi connectivity index (χ2v) is 14.3. The lowest BCUT2D eigenvalue weighted by atomic mass is 9.85. The van der Waals surface area contributed by atoms with Crippen molar-refractivity contribution in [3.63, 3.8) is 0 Å². The van der Waals surface area contributed by atoms with E-state index in [1.807, 2.05) is 6.07 Å². The van der Waals surface area contributed by atoms with Gasteiger partial charge in [-0.25, -0.2) is 8.42 Å². The first-order valence-electron chi connectivity index (χ1n) is 14.9. The number of nitrogens with zero attached hydrogens (tertiary/aromatic N) is 3. The number of hydrogen-bond acceptors (Lipinski definition) is 7. The number of rotatable bonds is 6. The number of benzene rings is 1. The van der Waals surface area contributed by atoms with Crippen LogP contribution in [0.5, 0.6) is 0 Å². The summed E-state index contributed by atoms with van der Waals surface area (Å²) in [6.07, 6.45) is 6.28. The Hall–Kier alpha value is -2.34. The third-order valence-electron chi connectivity index (χ3n) is 9.61. The minimum Gasteiger partial charge on any atom is -0.379 e. The quantitative estimate of drug-likeness (QED) is 0.517. The average molecular weight is 573 g/mol. The number of imide groups is 1. The molecule has 218 valence electrons. The van der Waals surface area contributed by atoms with Crippen molar-refractivity contribution in [1.82, 2.24) is 19.4 Å². The number of ether oxygens (including phenoxy) is 1. The molecule has 0 aromatic heterocycles. The molecule has 3 amide bonds. The Bertz CT molecular complexity index is 1250. The van der Waals surface area contributed by atoms with Crippen LogP contribution in [0.2, 0.25) is 0 Å². The van der Waals surface area contributed by atoms with Gasteiger partial charge >= 0.3 is 0 Å². The Morgan fingerprint density at radius 3 is 2.48 bits per heavy atom. The molecule has 4 aliphatic heterocycles. The van der Waals surface area contributed by atoms with E-state index in [0.717, 1.165) is 63.7 Å². The SMILES string of the molecule is O=C1CCC(N2Cc3cc(C4CCN(CC5CCCC(S(=O)(=O)N6CCOCC6)C5)CC4)ccc3C2=O)C(=O)N1. The van der Waals surface area contributed by atoms with E-state index in [0.29, 0.717) is 56.7 Å². The highest BCUT2D eigenvalue weighted by molar-refractivity contribution is 7.89. The minimum absolute atomic E-state index is 0.132. The molecule has 11 heteroatoms. The second-order valence-electron chi connectivity index (χ2n) is 12.1. The lowest BCUT2D eigenvalue weighted by Gasteiger charge is -2.38. The predicted octanol–water partition coefficient (Wildman–Crippen LogP) is 1.85. The zero-order valence-corrected chi connectivity index (χ0v) is 23.9. The van der Waals surface area contributed by atoms with Gasteiger partial charge in [-0.15, -0.1) is 0 Å². The van der Waals surface area contributed by atoms with Crippen molar-refractivity contribution < 1.29 is 27.5 Å². The summed E-state index contributed by atoms with van der Waals surface area (Å²) in [5, 5.41) is 2.09. The third-order valence-corrected chi connectivity index (χ3v) is 12.0. The highest BCUT2D eigenvalue weighted by atomic mass is 32.2. The number of carbonyl (C=O) groups is 3. The van der Waals surface area contributed by atoms with E-state index in [-0.39, 0.29) is 29.4 Å².